The molecule has 2 aliphatic rings. The van der Waals surface area contributed by atoms with Crippen LogP contribution in [0.15, 0.2) is 5.38 Å². The van der Waals surface area contributed by atoms with Gasteiger partial charge in [0.2, 0.25) is 11.8 Å². The maximum absolute atomic E-state index is 12.5. The van der Waals surface area contributed by atoms with Gasteiger partial charge >= 0.3 is 0 Å². The fourth-order valence-electron chi connectivity index (χ4n) is 3.00. The molecule has 1 atom stereocenters. The van der Waals surface area contributed by atoms with Gasteiger partial charge in [0, 0.05) is 18.2 Å². The summed E-state index contributed by atoms with van der Waals surface area (Å²) in [5.74, 6) is 0.554. The molecular formula is C15H21N3O2S. The number of nitrogens with one attached hydrogen (secondary N) is 2. The highest BCUT2D eigenvalue weighted by Gasteiger charge is 2.32. The molecule has 1 aromatic rings. The Morgan fingerprint density at radius 1 is 1.29 bits per heavy atom. The number of hydrogen-bond donors (Lipinski definition) is 2. The molecule has 0 aliphatic heterocycles. The first-order valence-corrected chi connectivity index (χ1v) is 8.55. The highest BCUT2D eigenvalue weighted by Crippen LogP contribution is 2.41. The maximum atomic E-state index is 12.5. The summed E-state index contributed by atoms with van der Waals surface area (Å²) in [6.07, 6.45) is 6.68. The van der Waals surface area contributed by atoms with Crippen molar-refractivity contribution in [3.8, 4) is 0 Å². The second kappa shape index (κ2) is 6.13. The summed E-state index contributed by atoms with van der Waals surface area (Å²) in [5, 5.41) is 8.36. The fourth-order valence-corrected chi connectivity index (χ4v) is 3.80. The van der Waals surface area contributed by atoms with Gasteiger partial charge in [-0.2, -0.15) is 0 Å². The van der Waals surface area contributed by atoms with Gasteiger partial charge in [0.1, 0.15) is 6.04 Å². The number of amides is 2. The molecule has 2 amide bonds. The second-order valence-corrected chi connectivity index (χ2v) is 6.92. The predicted molar refractivity (Wildman–Crippen MR) is 82.3 cm³/mol. The van der Waals surface area contributed by atoms with E-state index in [4.69, 9.17) is 0 Å². The first-order valence-electron chi connectivity index (χ1n) is 7.67. The van der Waals surface area contributed by atoms with Gasteiger partial charge in [0.25, 0.3) is 0 Å². The molecule has 2 fully saturated rings. The van der Waals surface area contributed by atoms with Crippen LogP contribution in [0.5, 0.6) is 0 Å². The van der Waals surface area contributed by atoms with Crippen LogP contribution in [-0.2, 0) is 9.59 Å². The van der Waals surface area contributed by atoms with Gasteiger partial charge in [-0.3, -0.25) is 9.59 Å². The zero-order valence-corrected chi connectivity index (χ0v) is 13.0. The third-order valence-electron chi connectivity index (χ3n) is 4.26. The van der Waals surface area contributed by atoms with E-state index in [2.05, 4.69) is 15.6 Å². The topological polar surface area (TPSA) is 71.1 Å². The first kappa shape index (κ1) is 14.5. The predicted octanol–water partition coefficient (Wildman–Crippen LogP) is 2.65. The van der Waals surface area contributed by atoms with E-state index in [1.54, 1.807) is 0 Å². The minimum atomic E-state index is -0.432. The summed E-state index contributed by atoms with van der Waals surface area (Å²) in [5.41, 5.74) is 1.09. The van der Waals surface area contributed by atoms with Crippen molar-refractivity contribution in [3.05, 3.63) is 11.1 Å². The molecule has 0 bridgehead atoms. The van der Waals surface area contributed by atoms with Crippen LogP contribution >= 0.6 is 11.3 Å². The van der Waals surface area contributed by atoms with Gasteiger partial charge in [-0.25, -0.2) is 4.98 Å². The summed E-state index contributed by atoms with van der Waals surface area (Å²) in [7, 11) is 0. The summed E-state index contributed by atoms with van der Waals surface area (Å²) >= 11 is 1.47. The van der Waals surface area contributed by atoms with Crippen LogP contribution in [0.2, 0.25) is 0 Å². The number of rotatable bonds is 5. The smallest absolute Gasteiger partial charge is 0.249 e. The Morgan fingerprint density at radius 2 is 2.00 bits per heavy atom. The van der Waals surface area contributed by atoms with Crippen LogP contribution in [0.4, 0.5) is 5.13 Å². The maximum Gasteiger partial charge on any atom is 0.249 e. The normalized spacial score (nSPS) is 20.2. The van der Waals surface area contributed by atoms with E-state index in [0.717, 1.165) is 31.4 Å². The molecule has 0 radical (unpaired) electrons. The Labute approximate surface area is 128 Å². The van der Waals surface area contributed by atoms with Crippen molar-refractivity contribution >= 4 is 28.3 Å². The van der Waals surface area contributed by atoms with Crippen LogP contribution < -0.4 is 10.6 Å². The molecule has 6 heteroatoms. The molecule has 21 heavy (non-hydrogen) atoms. The van der Waals surface area contributed by atoms with Gasteiger partial charge in [-0.05, 0) is 31.6 Å². The zero-order chi connectivity index (χ0) is 14.8. The lowest BCUT2D eigenvalue weighted by molar-refractivity contribution is -0.126. The number of carbonyl (C=O) groups is 2. The van der Waals surface area contributed by atoms with E-state index >= 15 is 0 Å². The van der Waals surface area contributed by atoms with Gasteiger partial charge in [-0.15, -0.1) is 11.3 Å². The van der Waals surface area contributed by atoms with Gasteiger partial charge < -0.3 is 10.6 Å². The molecule has 2 N–H and O–H groups in total. The SMILES string of the molecule is CC(=O)NC(C(=O)Nc1nc(C2CC2)cs1)C1CCCC1. The van der Waals surface area contributed by atoms with Gasteiger partial charge in [0.15, 0.2) is 5.13 Å². The van der Waals surface area contributed by atoms with Crippen LogP contribution in [0.3, 0.4) is 0 Å². The number of nitrogens with zero attached hydrogens (tertiary/aromatic N) is 1. The van der Waals surface area contributed by atoms with Crippen LogP contribution in [-0.4, -0.2) is 22.8 Å². The highest BCUT2D eigenvalue weighted by molar-refractivity contribution is 7.13. The van der Waals surface area contributed by atoms with E-state index in [1.165, 1.54) is 31.1 Å². The molecule has 3 rings (SSSR count). The van der Waals surface area contributed by atoms with Crippen LogP contribution in [0.1, 0.15) is 57.1 Å². The van der Waals surface area contributed by atoms with E-state index in [1.807, 2.05) is 5.38 Å². The lowest BCUT2D eigenvalue weighted by Crippen LogP contribution is -2.47. The van der Waals surface area contributed by atoms with Crippen LogP contribution in [0.25, 0.3) is 0 Å². The monoisotopic (exact) mass is 307 g/mol. The molecule has 0 aromatic carbocycles. The van der Waals surface area contributed by atoms with E-state index < -0.39 is 6.04 Å². The summed E-state index contributed by atoms with van der Waals surface area (Å²) in [4.78, 5) is 28.3. The molecule has 0 spiro atoms. The van der Waals surface area contributed by atoms with Gasteiger partial charge in [0.05, 0.1) is 5.69 Å². The molecule has 1 aromatic heterocycles. The van der Waals surface area contributed by atoms with Crippen molar-refractivity contribution in [2.75, 3.05) is 5.32 Å². The van der Waals surface area contributed by atoms with Crippen LogP contribution in [0, 0.1) is 5.92 Å². The summed E-state index contributed by atoms with van der Waals surface area (Å²) in [6, 6.07) is -0.432. The van der Waals surface area contributed by atoms with E-state index in [9.17, 15) is 9.59 Å². The Balaban J connectivity index is 1.65. The average molecular weight is 307 g/mol. The lowest BCUT2D eigenvalue weighted by Gasteiger charge is -2.22. The quantitative estimate of drug-likeness (QED) is 0.878. The molecule has 0 saturated heterocycles. The number of carbonyl (C=O) groups excluding carboxylic acids is 2. The van der Waals surface area contributed by atoms with Crippen molar-refractivity contribution in [2.24, 2.45) is 5.92 Å². The Hall–Kier alpha value is -1.43. The summed E-state index contributed by atoms with van der Waals surface area (Å²) < 4.78 is 0. The Bertz CT molecular complexity index is 533. The molecule has 1 unspecified atom stereocenters. The van der Waals surface area contributed by atoms with Crippen molar-refractivity contribution < 1.29 is 9.59 Å². The van der Waals surface area contributed by atoms with Crippen molar-refractivity contribution in [1.29, 1.82) is 0 Å². The minimum Gasteiger partial charge on any atom is -0.344 e. The van der Waals surface area contributed by atoms with Crippen molar-refractivity contribution in [3.63, 3.8) is 0 Å². The standard InChI is InChI=1S/C15H21N3O2S/c1-9(19)16-13(11-4-2-3-5-11)14(20)18-15-17-12(8-21-15)10-6-7-10/h8,10-11,13H,2-7H2,1H3,(H,16,19)(H,17,18,20). The van der Waals surface area contributed by atoms with Crippen molar-refractivity contribution in [1.82, 2.24) is 10.3 Å². The van der Waals surface area contributed by atoms with E-state index in [-0.39, 0.29) is 17.7 Å². The van der Waals surface area contributed by atoms with Gasteiger partial charge in [-0.1, -0.05) is 12.8 Å². The number of thiazole rings is 1. The minimum absolute atomic E-state index is 0.131. The number of hydrogen-bond acceptors (Lipinski definition) is 4. The molecule has 2 aliphatic carbocycles. The highest BCUT2D eigenvalue weighted by atomic mass is 32.1. The zero-order valence-electron chi connectivity index (χ0n) is 12.2. The average Bonchev–Trinajstić information content (AvgIpc) is 2.97. The largest absolute Gasteiger partial charge is 0.344 e. The van der Waals surface area contributed by atoms with E-state index in [0.29, 0.717) is 11.0 Å². The lowest BCUT2D eigenvalue weighted by atomic mass is 9.97. The third kappa shape index (κ3) is 3.61. The fraction of sp³-hybridized carbons (Fsp3) is 0.667. The molecule has 2 saturated carbocycles. The molecular weight excluding hydrogens is 286 g/mol. The number of anilines is 1. The summed E-state index contributed by atoms with van der Waals surface area (Å²) in [6.45, 7) is 1.46. The molecule has 1 heterocycles. The Morgan fingerprint density at radius 3 is 2.62 bits per heavy atom. The number of aromatic nitrogens is 1. The Kier molecular flexibility index (Phi) is 4.24. The second-order valence-electron chi connectivity index (χ2n) is 6.06. The van der Waals surface area contributed by atoms with Crippen molar-refractivity contribution in [2.45, 2.75) is 57.4 Å². The molecule has 5 nitrogen and oxygen atoms in total. The molecule has 114 valence electrons. The first-order chi connectivity index (χ1) is 10.1. The third-order valence-corrected chi connectivity index (χ3v) is 5.04.